The summed E-state index contributed by atoms with van der Waals surface area (Å²) in [7, 11) is 1.87. The van der Waals surface area contributed by atoms with Crippen LogP contribution in [0.3, 0.4) is 0 Å². The van der Waals surface area contributed by atoms with Gasteiger partial charge >= 0.3 is 0 Å². The molecule has 0 bridgehead atoms. The van der Waals surface area contributed by atoms with E-state index in [-0.39, 0.29) is 0 Å². The van der Waals surface area contributed by atoms with Crippen molar-refractivity contribution in [2.45, 2.75) is 13.3 Å². The number of nitrogens with zero attached hydrogens (tertiary/aromatic N) is 1. The van der Waals surface area contributed by atoms with Crippen molar-refractivity contribution in [3.63, 3.8) is 0 Å². The predicted molar refractivity (Wildman–Crippen MR) is 51.6 cm³/mol. The van der Waals surface area contributed by atoms with Crippen LogP contribution in [0.5, 0.6) is 0 Å². The van der Waals surface area contributed by atoms with Crippen molar-refractivity contribution in [2.24, 2.45) is 0 Å². The van der Waals surface area contributed by atoms with Crippen LogP contribution in [-0.2, 0) is 0 Å². The highest BCUT2D eigenvalue weighted by Gasteiger charge is 2.10. The first-order valence-electron chi connectivity index (χ1n) is 3.86. The van der Waals surface area contributed by atoms with Gasteiger partial charge in [0.25, 0.3) is 0 Å². The van der Waals surface area contributed by atoms with E-state index in [2.05, 4.69) is 23.2 Å². The highest BCUT2D eigenvalue weighted by atomic mass is 32.1. The zero-order valence-corrected chi connectivity index (χ0v) is 7.87. The molecule has 1 N–H and O–H groups in total. The Labute approximate surface area is 73.3 Å². The van der Waals surface area contributed by atoms with E-state index in [9.17, 15) is 0 Å². The molecule has 0 aliphatic carbocycles. The molecule has 0 amide bonds. The van der Waals surface area contributed by atoms with Crippen LogP contribution < -0.4 is 5.32 Å². The maximum atomic E-state index is 5.12. The van der Waals surface area contributed by atoms with Crippen LogP contribution in [0.4, 0.5) is 0 Å². The lowest BCUT2D eigenvalue weighted by molar-refractivity contribution is 0.436. The Balaban J connectivity index is 2.50. The molecule has 1 aliphatic heterocycles. The van der Waals surface area contributed by atoms with Gasteiger partial charge in [0.15, 0.2) is 5.11 Å². The van der Waals surface area contributed by atoms with Crippen LogP contribution in [0.25, 0.3) is 0 Å². The molecule has 0 aromatic heterocycles. The maximum Gasteiger partial charge on any atom is 0.168 e. The second-order valence-electron chi connectivity index (χ2n) is 2.82. The summed E-state index contributed by atoms with van der Waals surface area (Å²) < 4.78 is 0. The Kier molecular flexibility index (Phi) is 2.88. The minimum Gasteiger partial charge on any atom is -0.366 e. The smallest absolute Gasteiger partial charge is 0.168 e. The first kappa shape index (κ1) is 8.53. The number of rotatable bonds is 0. The predicted octanol–water partition coefficient (Wildman–Crippen LogP) is 1.14. The number of hydrogen-bond acceptors (Lipinski definition) is 1. The van der Waals surface area contributed by atoms with Gasteiger partial charge in [0.05, 0.1) is 0 Å². The molecule has 0 aromatic carbocycles. The lowest BCUT2D eigenvalue weighted by Gasteiger charge is -2.27. The molecule has 0 atom stereocenters. The highest BCUT2D eigenvalue weighted by Crippen LogP contribution is 2.08. The molecule has 0 saturated carbocycles. The molecule has 11 heavy (non-hydrogen) atoms. The summed E-state index contributed by atoms with van der Waals surface area (Å²) in [5, 5.41) is 3.84. The van der Waals surface area contributed by atoms with Gasteiger partial charge in [0, 0.05) is 20.1 Å². The van der Waals surface area contributed by atoms with E-state index in [1.165, 1.54) is 5.57 Å². The van der Waals surface area contributed by atoms with Gasteiger partial charge in [-0.3, -0.25) is 0 Å². The molecule has 0 spiro atoms. The zero-order valence-electron chi connectivity index (χ0n) is 7.05. The summed E-state index contributed by atoms with van der Waals surface area (Å²) in [6.07, 6.45) is 3.39. The molecule has 3 heteroatoms. The summed E-state index contributed by atoms with van der Waals surface area (Å²) in [5.41, 5.74) is 1.41. The quantitative estimate of drug-likeness (QED) is 0.433. The van der Waals surface area contributed by atoms with Crippen molar-refractivity contribution in [1.82, 2.24) is 10.2 Å². The minimum atomic E-state index is 0.859. The third-order valence-electron chi connectivity index (χ3n) is 1.83. The van der Waals surface area contributed by atoms with Crippen LogP contribution in [0, 0.1) is 0 Å². The molecule has 0 fully saturated rings. The van der Waals surface area contributed by atoms with Gasteiger partial charge in [-0.2, -0.15) is 0 Å². The molecule has 1 heterocycles. The first-order valence-corrected chi connectivity index (χ1v) is 4.27. The van der Waals surface area contributed by atoms with E-state index >= 15 is 0 Å². The molecule has 0 unspecified atom stereocenters. The van der Waals surface area contributed by atoms with Crippen molar-refractivity contribution < 1.29 is 0 Å². The molecule has 0 radical (unpaired) electrons. The highest BCUT2D eigenvalue weighted by molar-refractivity contribution is 7.80. The molecule has 1 aliphatic rings. The molecule has 1 rings (SSSR count). The summed E-state index contributed by atoms with van der Waals surface area (Å²) in [4.78, 5) is 2.19. The van der Waals surface area contributed by atoms with Crippen LogP contribution in [0.15, 0.2) is 11.6 Å². The van der Waals surface area contributed by atoms with Crippen molar-refractivity contribution in [1.29, 1.82) is 0 Å². The number of hydrogen-bond donors (Lipinski definition) is 1. The fourth-order valence-electron chi connectivity index (χ4n) is 1.24. The van der Waals surface area contributed by atoms with Gasteiger partial charge < -0.3 is 10.2 Å². The normalized spacial score (nSPS) is 17.6. The average Bonchev–Trinajstić information content (AvgIpc) is 2.03. The van der Waals surface area contributed by atoms with Crippen molar-refractivity contribution in [3.8, 4) is 0 Å². The van der Waals surface area contributed by atoms with Crippen molar-refractivity contribution in [3.05, 3.63) is 11.6 Å². The van der Waals surface area contributed by atoms with Crippen molar-refractivity contribution in [2.75, 3.05) is 20.1 Å². The van der Waals surface area contributed by atoms with E-state index in [0.29, 0.717) is 0 Å². The van der Waals surface area contributed by atoms with Gasteiger partial charge in [-0.05, 0) is 25.6 Å². The number of nitrogens with one attached hydrogen (secondary N) is 1. The largest absolute Gasteiger partial charge is 0.366 e. The van der Waals surface area contributed by atoms with Crippen molar-refractivity contribution >= 4 is 17.3 Å². The molecular formula is C8H14N2S. The van der Waals surface area contributed by atoms with Gasteiger partial charge in [0.2, 0.25) is 0 Å². The monoisotopic (exact) mass is 170 g/mol. The molecule has 0 saturated heterocycles. The average molecular weight is 170 g/mol. The molecular weight excluding hydrogens is 156 g/mol. The van der Waals surface area contributed by atoms with E-state index < -0.39 is 0 Å². The second-order valence-corrected chi connectivity index (χ2v) is 3.20. The van der Waals surface area contributed by atoms with Crippen LogP contribution in [0.2, 0.25) is 0 Å². The van der Waals surface area contributed by atoms with E-state index in [4.69, 9.17) is 12.2 Å². The summed E-state index contributed by atoms with van der Waals surface area (Å²) in [6.45, 7) is 4.18. The van der Waals surface area contributed by atoms with Crippen LogP contribution >= 0.6 is 12.2 Å². The first-order chi connectivity index (χ1) is 5.24. The van der Waals surface area contributed by atoms with E-state index in [1.807, 2.05) is 7.05 Å². The minimum absolute atomic E-state index is 0.859. The van der Waals surface area contributed by atoms with Gasteiger partial charge in [0.1, 0.15) is 0 Å². The number of thiocarbonyl (C=S) groups is 1. The van der Waals surface area contributed by atoms with Gasteiger partial charge in [-0.1, -0.05) is 11.6 Å². The Bertz CT molecular complexity index is 187. The fraction of sp³-hybridized carbons (Fsp3) is 0.625. The lowest BCUT2D eigenvalue weighted by atomic mass is 10.1. The van der Waals surface area contributed by atoms with Gasteiger partial charge in [-0.25, -0.2) is 0 Å². The standard InChI is InChI=1S/C8H14N2S/c1-7-4-3-5-10(6-7)8(11)9-2/h4H,3,5-6H2,1-2H3,(H,9,11). The van der Waals surface area contributed by atoms with Gasteiger partial charge in [-0.15, -0.1) is 0 Å². The van der Waals surface area contributed by atoms with Crippen LogP contribution in [0.1, 0.15) is 13.3 Å². The fourth-order valence-corrected chi connectivity index (χ4v) is 1.40. The summed E-state index contributed by atoms with van der Waals surface area (Å²) in [6, 6.07) is 0. The maximum absolute atomic E-state index is 5.12. The second kappa shape index (κ2) is 3.72. The molecule has 0 aromatic rings. The zero-order chi connectivity index (χ0) is 8.27. The Morgan fingerprint density at radius 1 is 1.73 bits per heavy atom. The Morgan fingerprint density at radius 3 is 3.00 bits per heavy atom. The Hall–Kier alpha value is -0.570. The summed E-state index contributed by atoms with van der Waals surface area (Å²) in [5.74, 6) is 0. The Morgan fingerprint density at radius 2 is 2.45 bits per heavy atom. The molecule has 2 nitrogen and oxygen atoms in total. The summed E-state index contributed by atoms with van der Waals surface area (Å²) >= 11 is 5.12. The third-order valence-corrected chi connectivity index (χ3v) is 2.30. The van der Waals surface area contributed by atoms with E-state index in [0.717, 1.165) is 24.6 Å². The topological polar surface area (TPSA) is 15.3 Å². The lowest BCUT2D eigenvalue weighted by Crippen LogP contribution is -2.40. The SMILES string of the molecule is CNC(=S)N1CCC=C(C)C1. The van der Waals surface area contributed by atoms with E-state index in [1.54, 1.807) is 0 Å². The van der Waals surface area contributed by atoms with Crippen LogP contribution in [-0.4, -0.2) is 30.1 Å². The molecule has 62 valence electrons. The third kappa shape index (κ3) is 2.19.